The van der Waals surface area contributed by atoms with E-state index >= 15 is 0 Å². The molecule has 0 radical (unpaired) electrons. The normalized spacial score (nSPS) is 16.3. The van der Waals surface area contributed by atoms with E-state index in [9.17, 15) is 4.79 Å². The molecule has 1 rings (SSSR count). The van der Waals surface area contributed by atoms with E-state index in [1.165, 1.54) is 24.6 Å². The Balaban J connectivity index is 2.50. The highest BCUT2D eigenvalue weighted by Crippen LogP contribution is 2.21. The van der Waals surface area contributed by atoms with Gasteiger partial charge in [0, 0.05) is 26.2 Å². The van der Waals surface area contributed by atoms with E-state index in [1.807, 2.05) is 25.7 Å². The molecular formula is C14H24N2OS2. The molecule has 1 aliphatic heterocycles. The monoisotopic (exact) mass is 300 g/mol. The van der Waals surface area contributed by atoms with Gasteiger partial charge in [-0.2, -0.15) is 0 Å². The van der Waals surface area contributed by atoms with Crippen molar-refractivity contribution >= 4 is 34.2 Å². The number of hydrogen-bond acceptors (Lipinski definition) is 3. The first-order valence-corrected chi connectivity index (χ1v) is 8.13. The number of carbonyl (C=O) groups is 1. The number of likely N-dealkylation sites (N-methyl/N-ethyl adjacent to an activating group) is 1. The quantitative estimate of drug-likeness (QED) is 0.575. The molecule has 108 valence electrons. The van der Waals surface area contributed by atoms with Crippen LogP contribution in [0.2, 0.25) is 0 Å². The number of nitrogens with zero attached hydrogens (tertiary/aromatic N) is 2. The van der Waals surface area contributed by atoms with E-state index in [2.05, 4.69) is 11.5 Å². The summed E-state index contributed by atoms with van der Waals surface area (Å²) >= 11 is 6.93. The van der Waals surface area contributed by atoms with Crippen molar-refractivity contribution in [3.63, 3.8) is 0 Å². The highest BCUT2D eigenvalue weighted by atomic mass is 32.2. The summed E-state index contributed by atoms with van der Waals surface area (Å²) in [6.45, 7) is 13.2. The van der Waals surface area contributed by atoms with Gasteiger partial charge in [-0.1, -0.05) is 36.1 Å². The topological polar surface area (TPSA) is 23.6 Å². The van der Waals surface area contributed by atoms with Crippen molar-refractivity contribution in [2.24, 2.45) is 0 Å². The molecule has 0 aromatic carbocycles. The highest BCUT2D eigenvalue weighted by molar-refractivity contribution is 8.23. The van der Waals surface area contributed by atoms with Gasteiger partial charge in [-0.25, -0.2) is 0 Å². The average Bonchev–Trinajstić information content (AvgIpc) is 2.88. The zero-order chi connectivity index (χ0) is 14.4. The Morgan fingerprint density at radius 3 is 2.53 bits per heavy atom. The van der Waals surface area contributed by atoms with Gasteiger partial charge in [-0.05, 0) is 33.6 Å². The third-order valence-electron chi connectivity index (χ3n) is 3.14. The zero-order valence-corrected chi connectivity index (χ0v) is 13.8. The van der Waals surface area contributed by atoms with E-state index < -0.39 is 0 Å². The summed E-state index contributed by atoms with van der Waals surface area (Å²) in [5.74, 6) is 0.150. The Morgan fingerprint density at radius 1 is 1.47 bits per heavy atom. The van der Waals surface area contributed by atoms with Crippen LogP contribution in [0.4, 0.5) is 0 Å². The number of thioether (sulfide) groups is 1. The Kier molecular flexibility index (Phi) is 6.86. The predicted molar refractivity (Wildman–Crippen MR) is 87.5 cm³/mol. The lowest BCUT2D eigenvalue weighted by Gasteiger charge is -2.26. The van der Waals surface area contributed by atoms with Crippen LogP contribution in [-0.2, 0) is 4.79 Å². The average molecular weight is 300 g/mol. The fourth-order valence-electron chi connectivity index (χ4n) is 2.10. The summed E-state index contributed by atoms with van der Waals surface area (Å²) in [5, 5.41) is -0.118. The third-order valence-corrected chi connectivity index (χ3v) is 4.71. The number of carbonyl (C=O) groups excluding carboxylic acids is 1. The fourth-order valence-corrected chi connectivity index (χ4v) is 3.60. The molecule has 1 heterocycles. The maximum atomic E-state index is 12.3. The molecule has 5 heteroatoms. The largest absolute Gasteiger partial charge is 0.358 e. The van der Waals surface area contributed by atoms with Gasteiger partial charge in [0.05, 0.1) is 5.25 Å². The Morgan fingerprint density at radius 2 is 2.05 bits per heavy atom. The molecule has 0 aromatic heterocycles. The van der Waals surface area contributed by atoms with Crippen molar-refractivity contribution in [2.45, 2.75) is 38.9 Å². The van der Waals surface area contributed by atoms with Crippen molar-refractivity contribution < 1.29 is 4.79 Å². The van der Waals surface area contributed by atoms with E-state index in [-0.39, 0.29) is 11.2 Å². The molecule has 19 heavy (non-hydrogen) atoms. The van der Waals surface area contributed by atoms with Crippen LogP contribution >= 0.6 is 24.0 Å². The third kappa shape index (κ3) is 5.15. The van der Waals surface area contributed by atoms with Crippen LogP contribution in [0.5, 0.6) is 0 Å². The van der Waals surface area contributed by atoms with Crippen molar-refractivity contribution in [2.75, 3.05) is 26.2 Å². The summed E-state index contributed by atoms with van der Waals surface area (Å²) in [6, 6.07) is 0. The van der Waals surface area contributed by atoms with Gasteiger partial charge in [0.2, 0.25) is 5.91 Å². The van der Waals surface area contributed by atoms with Gasteiger partial charge in [0.1, 0.15) is 4.32 Å². The Labute approximate surface area is 126 Å². The number of thiocarbonyl (C=S) groups is 1. The van der Waals surface area contributed by atoms with Crippen molar-refractivity contribution in [1.29, 1.82) is 0 Å². The van der Waals surface area contributed by atoms with E-state index in [0.717, 1.165) is 23.0 Å². The predicted octanol–water partition coefficient (Wildman–Crippen LogP) is 2.91. The molecule has 1 fully saturated rings. The first kappa shape index (κ1) is 16.5. The number of rotatable bonds is 5. The van der Waals surface area contributed by atoms with Gasteiger partial charge in [-0.15, -0.1) is 0 Å². The first-order chi connectivity index (χ1) is 8.95. The summed E-state index contributed by atoms with van der Waals surface area (Å²) < 4.78 is 0.865. The van der Waals surface area contributed by atoms with Crippen LogP contribution < -0.4 is 0 Å². The molecule has 1 unspecified atom stereocenters. The standard InChI is InChI=1S/C14H24N2OS2/c1-5-15(10-11(2)3)13(17)12(4)19-14(18)16-8-6-7-9-16/h12H,2,5-10H2,1,3-4H3. The van der Waals surface area contributed by atoms with Crippen molar-refractivity contribution in [3.05, 3.63) is 12.2 Å². The second-order valence-corrected chi connectivity index (χ2v) is 7.00. The summed E-state index contributed by atoms with van der Waals surface area (Å²) in [5.41, 5.74) is 1.01. The second kappa shape index (κ2) is 7.90. The number of likely N-dealkylation sites (tertiary alicyclic amines) is 1. The molecule has 0 aliphatic carbocycles. The molecule has 1 amide bonds. The highest BCUT2D eigenvalue weighted by Gasteiger charge is 2.24. The minimum atomic E-state index is -0.118. The van der Waals surface area contributed by atoms with Gasteiger partial charge < -0.3 is 9.80 Å². The minimum Gasteiger partial charge on any atom is -0.358 e. The van der Waals surface area contributed by atoms with E-state index in [0.29, 0.717) is 13.1 Å². The Bertz CT molecular complexity index is 351. The van der Waals surface area contributed by atoms with Crippen LogP contribution in [0.3, 0.4) is 0 Å². The first-order valence-electron chi connectivity index (χ1n) is 6.84. The van der Waals surface area contributed by atoms with Gasteiger partial charge in [0.25, 0.3) is 0 Å². The lowest BCUT2D eigenvalue weighted by molar-refractivity contribution is -0.129. The summed E-state index contributed by atoms with van der Waals surface area (Å²) in [6.07, 6.45) is 2.42. The maximum Gasteiger partial charge on any atom is 0.236 e. The van der Waals surface area contributed by atoms with Gasteiger partial charge >= 0.3 is 0 Å². The van der Waals surface area contributed by atoms with Crippen LogP contribution in [0.15, 0.2) is 12.2 Å². The molecule has 3 nitrogen and oxygen atoms in total. The summed E-state index contributed by atoms with van der Waals surface area (Å²) in [4.78, 5) is 16.4. The fraction of sp³-hybridized carbons (Fsp3) is 0.714. The number of hydrogen-bond donors (Lipinski definition) is 0. The smallest absolute Gasteiger partial charge is 0.236 e. The minimum absolute atomic E-state index is 0.118. The lowest BCUT2D eigenvalue weighted by Crippen LogP contribution is -2.38. The number of amides is 1. The van der Waals surface area contributed by atoms with Crippen LogP contribution in [-0.4, -0.2) is 51.5 Å². The Hall–Kier alpha value is -0.550. The van der Waals surface area contributed by atoms with Crippen molar-refractivity contribution in [1.82, 2.24) is 9.80 Å². The molecule has 0 N–H and O–H groups in total. The molecular weight excluding hydrogens is 276 g/mol. The molecule has 1 saturated heterocycles. The van der Waals surface area contributed by atoms with Gasteiger partial charge in [-0.3, -0.25) is 4.79 Å². The second-order valence-electron chi connectivity index (χ2n) is 5.03. The lowest BCUT2D eigenvalue weighted by atomic mass is 10.3. The zero-order valence-electron chi connectivity index (χ0n) is 12.1. The van der Waals surface area contributed by atoms with Crippen molar-refractivity contribution in [3.8, 4) is 0 Å². The summed E-state index contributed by atoms with van der Waals surface area (Å²) in [7, 11) is 0. The van der Waals surface area contributed by atoms with Crippen LogP contribution in [0.25, 0.3) is 0 Å². The molecule has 0 saturated carbocycles. The van der Waals surface area contributed by atoms with Crippen LogP contribution in [0, 0.1) is 0 Å². The molecule has 0 bridgehead atoms. The van der Waals surface area contributed by atoms with E-state index in [4.69, 9.17) is 12.2 Å². The van der Waals surface area contributed by atoms with Crippen LogP contribution in [0.1, 0.15) is 33.6 Å². The molecule has 1 aliphatic rings. The van der Waals surface area contributed by atoms with Gasteiger partial charge in [0.15, 0.2) is 0 Å². The maximum absolute atomic E-state index is 12.3. The van der Waals surface area contributed by atoms with E-state index in [1.54, 1.807) is 0 Å². The molecule has 0 spiro atoms. The SMILES string of the molecule is C=C(C)CN(CC)C(=O)C(C)SC(=S)N1CCCC1. The molecule has 1 atom stereocenters. The molecule has 0 aromatic rings.